The zero-order chi connectivity index (χ0) is 10.2. The summed E-state index contributed by atoms with van der Waals surface area (Å²) in [5.74, 6) is -1.03. The van der Waals surface area contributed by atoms with Gasteiger partial charge >= 0.3 is 0 Å². The fourth-order valence-corrected chi connectivity index (χ4v) is 2.49. The monoisotopic (exact) mass is 212 g/mol. The first kappa shape index (κ1) is 9.64. The minimum atomic E-state index is -1.74. The van der Waals surface area contributed by atoms with Crippen LogP contribution in [0.1, 0.15) is 6.42 Å². The van der Waals surface area contributed by atoms with Crippen molar-refractivity contribution in [2.75, 3.05) is 15.8 Å². The van der Waals surface area contributed by atoms with Gasteiger partial charge in [0, 0.05) is 17.9 Å². The minimum Gasteiger partial charge on any atom is -0.399 e. The van der Waals surface area contributed by atoms with Crippen molar-refractivity contribution in [1.82, 2.24) is 0 Å². The van der Waals surface area contributed by atoms with Gasteiger partial charge in [-0.05, 0) is 36.2 Å². The maximum absolute atomic E-state index is 9.61. The zero-order valence-corrected chi connectivity index (χ0v) is 8.37. The predicted octanol–water partition coefficient (Wildman–Crippen LogP) is 0.765. The molecule has 0 radical (unpaired) electrons. The van der Waals surface area contributed by atoms with Gasteiger partial charge < -0.3 is 15.9 Å². The maximum atomic E-state index is 9.61. The Hall–Kier alpha value is -0.910. The third-order valence-electron chi connectivity index (χ3n) is 2.11. The molecule has 0 saturated carbocycles. The topological polar surface area (TPSA) is 69.7 Å². The molecule has 1 fully saturated rings. The molecule has 2 rings (SSSR count). The van der Waals surface area contributed by atoms with Crippen LogP contribution in [0, 0.1) is 0 Å². The van der Waals surface area contributed by atoms with Crippen LogP contribution >= 0.6 is 11.9 Å². The Morgan fingerprint density at radius 2 is 1.93 bits per heavy atom. The van der Waals surface area contributed by atoms with Gasteiger partial charge in [-0.1, -0.05) is 0 Å². The highest BCUT2D eigenvalue weighted by Crippen LogP contribution is 2.37. The van der Waals surface area contributed by atoms with E-state index in [0.717, 1.165) is 5.69 Å². The summed E-state index contributed by atoms with van der Waals surface area (Å²) in [7, 11) is 0. The van der Waals surface area contributed by atoms with Crippen LogP contribution in [0.5, 0.6) is 0 Å². The molecular weight excluding hydrogens is 200 g/mol. The average Bonchev–Trinajstić information content (AvgIpc) is 2.47. The molecule has 0 atom stereocenters. The molecule has 1 aliphatic heterocycles. The highest BCUT2D eigenvalue weighted by atomic mass is 32.2. The molecule has 5 heteroatoms. The third-order valence-corrected chi connectivity index (χ3v) is 3.26. The number of hydrogen-bond acceptors (Lipinski definition) is 5. The largest absolute Gasteiger partial charge is 0.399 e. The maximum Gasteiger partial charge on any atom is 0.257 e. The van der Waals surface area contributed by atoms with Crippen LogP contribution in [-0.2, 0) is 0 Å². The SMILES string of the molecule is Nc1ccc(N2SCCC2(O)O)cc1. The lowest BCUT2D eigenvalue weighted by Crippen LogP contribution is -2.40. The van der Waals surface area contributed by atoms with Gasteiger partial charge in [-0.2, -0.15) is 0 Å². The zero-order valence-electron chi connectivity index (χ0n) is 7.55. The van der Waals surface area contributed by atoms with Crippen molar-refractivity contribution >= 4 is 23.3 Å². The first-order valence-electron chi connectivity index (χ1n) is 4.33. The van der Waals surface area contributed by atoms with Crippen LogP contribution in [0.25, 0.3) is 0 Å². The molecule has 4 nitrogen and oxygen atoms in total. The summed E-state index contributed by atoms with van der Waals surface area (Å²) in [5, 5.41) is 19.2. The molecule has 14 heavy (non-hydrogen) atoms. The summed E-state index contributed by atoms with van der Waals surface area (Å²) < 4.78 is 1.49. The molecule has 1 heterocycles. The number of hydrogen-bond donors (Lipinski definition) is 3. The number of nitrogens with zero attached hydrogens (tertiary/aromatic N) is 1. The number of nitrogen functional groups attached to an aromatic ring is 1. The molecule has 1 aliphatic rings. The molecule has 1 aromatic carbocycles. The molecule has 76 valence electrons. The van der Waals surface area contributed by atoms with Crippen molar-refractivity contribution < 1.29 is 10.2 Å². The fourth-order valence-electron chi connectivity index (χ4n) is 1.37. The van der Waals surface area contributed by atoms with Gasteiger partial charge in [0.2, 0.25) is 0 Å². The van der Waals surface area contributed by atoms with Crippen molar-refractivity contribution in [2.45, 2.75) is 12.3 Å². The summed E-state index contributed by atoms with van der Waals surface area (Å²) in [5.41, 5.74) is 6.96. The van der Waals surface area contributed by atoms with E-state index >= 15 is 0 Å². The Morgan fingerprint density at radius 3 is 2.43 bits per heavy atom. The van der Waals surface area contributed by atoms with E-state index in [4.69, 9.17) is 5.73 Å². The average molecular weight is 212 g/mol. The van der Waals surface area contributed by atoms with Crippen molar-refractivity contribution in [3.05, 3.63) is 24.3 Å². The molecule has 0 aromatic heterocycles. The first-order chi connectivity index (χ1) is 6.59. The molecule has 1 saturated heterocycles. The van der Waals surface area contributed by atoms with E-state index in [1.807, 2.05) is 0 Å². The van der Waals surface area contributed by atoms with Crippen molar-refractivity contribution in [1.29, 1.82) is 0 Å². The lowest BCUT2D eigenvalue weighted by Gasteiger charge is -2.28. The highest BCUT2D eigenvalue weighted by Gasteiger charge is 2.38. The van der Waals surface area contributed by atoms with E-state index in [1.165, 1.54) is 16.3 Å². The lowest BCUT2D eigenvalue weighted by atomic mass is 10.2. The van der Waals surface area contributed by atoms with E-state index in [1.54, 1.807) is 24.3 Å². The second kappa shape index (κ2) is 3.34. The van der Waals surface area contributed by atoms with Gasteiger partial charge in [-0.15, -0.1) is 0 Å². The first-order valence-corrected chi connectivity index (χ1v) is 5.27. The van der Waals surface area contributed by atoms with Gasteiger partial charge in [0.15, 0.2) is 0 Å². The number of nitrogens with two attached hydrogens (primary N) is 1. The van der Waals surface area contributed by atoms with Crippen LogP contribution < -0.4 is 10.0 Å². The number of aliphatic hydroxyl groups is 2. The van der Waals surface area contributed by atoms with Gasteiger partial charge in [0.1, 0.15) is 0 Å². The quantitative estimate of drug-likeness (QED) is 0.364. The number of anilines is 2. The number of rotatable bonds is 1. The molecule has 1 aromatic rings. The summed E-state index contributed by atoms with van der Waals surface area (Å²) in [6.45, 7) is 0. The van der Waals surface area contributed by atoms with Gasteiger partial charge in [-0.3, -0.25) is 4.31 Å². The van der Waals surface area contributed by atoms with E-state index < -0.39 is 5.91 Å². The molecular formula is C9H12N2O2S. The Balaban J connectivity index is 2.27. The normalized spacial score (nSPS) is 20.0. The Labute approximate surface area is 86.5 Å². The summed E-state index contributed by atoms with van der Waals surface area (Å²) in [6.07, 6.45) is 0.349. The summed E-state index contributed by atoms with van der Waals surface area (Å²) >= 11 is 1.40. The molecule has 0 aliphatic carbocycles. The van der Waals surface area contributed by atoms with Crippen LogP contribution in [0.4, 0.5) is 11.4 Å². The smallest absolute Gasteiger partial charge is 0.257 e. The van der Waals surface area contributed by atoms with Crippen LogP contribution in [0.2, 0.25) is 0 Å². The lowest BCUT2D eigenvalue weighted by molar-refractivity contribution is -0.143. The fraction of sp³-hybridized carbons (Fsp3) is 0.333. The van der Waals surface area contributed by atoms with Crippen LogP contribution in [-0.4, -0.2) is 21.9 Å². The van der Waals surface area contributed by atoms with E-state index in [0.29, 0.717) is 17.9 Å². The number of benzene rings is 1. The standard InChI is InChI=1S/C9H12N2O2S/c10-7-1-3-8(4-2-7)11-9(12,13)5-6-14-11/h1-4,12-13H,5-6,10H2. The predicted molar refractivity (Wildman–Crippen MR) is 57.6 cm³/mol. The Kier molecular flexibility index (Phi) is 2.30. The van der Waals surface area contributed by atoms with Crippen molar-refractivity contribution in [3.8, 4) is 0 Å². The van der Waals surface area contributed by atoms with E-state index in [9.17, 15) is 10.2 Å². The third kappa shape index (κ3) is 1.66. The highest BCUT2D eigenvalue weighted by molar-refractivity contribution is 8.00. The molecule has 0 amide bonds. The van der Waals surface area contributed by atoms with Crippen molar-refractivity contribution in [2.24, 2.45) is 0 Å². The van der Waals surface area contributed by atoms with Gasteiger partial charge in [-0.25, -0.2) is 0 Å². The Morgan fingerprint density at radius 1 is 1.29 bits per heavy atom. The Bertz CT molecular complexity index is 326. The van der Waals surface area contributed by atoms with Gasteiger partial charge in [0.25, 0.3) is 5.91 Å². The van der Waals surface area contributed by atoms with E-state index in [2.05, 4.69) is 0 Å². The molecule has 0 bridgehead atoms. The summed E-state index contributed by atoms with van der Waals surface area (Å²) in [6, 6.07) is 7.03. The molecule has 0 spiro atoms. The second-order valence-corrected chi connectivity index (χ2v) is 4.28. The second-order valence-electron chi connectivity index (χ2n) is 3.24. The minimum absolute atomic E-state index is 0.349. The van der Waals surface area contributed by atoms with Crippen LogP contribution in [0.15, 0.2) is 24.3 Å². The van der Waals surface area contributed by atoms with Gasteiger partial charge in [0.05, 0.1) is 5.69 Å². The molecule has 4 N–H and O–H groups in total. The molecule has 0 unspecified atom stereocenters. The van der Waals surface area contributed by atoms with E-state index in [-0.39, 0.29) is 0 Å². The van der Waals surface area contributed by atoms with Crippen molar-refractivity contribution in [3.63, 3.8) is 0 Å². The summed E-state index contributed by atoms with van der Waals surface area (Å²) in [4.78, 5) is 0. The van der Waals surface area contributed by atoms with Crippen LogP contribution in [0.3, 0.4) is 0 Å².